The molecular weight excluding hydrogens is 280 g/mol. The van der Waals surface area contributed by atoms with E-state index in [2.05, 4.69) is 13.0 Å². The molecule has 0 unspecified atom stereocenters. The second kappa shape index (κ2) is 8.08. The van der Waals surface area contributed by atoms with E-state index < -0.39 is 0 Å². The third-order valence-corrected chi connectivity index (χ3v) is 4.70. The van der Waals surface area contributed by atoms with Crippen molar-refractivity contribution in [2.24, 2.45) is 0 Å². The van der Waals surface area contributed by atoms with E-state index in [-0.39, 0.29) is 5.97 Å². The van der Waals surface area contributed by atoms with E-state index in [0.717, 1.165) is 16.5 Å². The molecule has 112 valence electrons. The van der Waals surface area contributed by atoms with Crippen LogP contribution in [-0.4, -0.2) is 18.8 Å². The molecule has 0 saturated carbocycles. The topological polar surface area (TPSA) is 26.3 Å². The van der Waals surface area contributed by atoms with Crippen LogP contribution < -0.4 is 0 Å². The van der Waals surface area contributed by atoms with Crippen LogP contribution in [0.5, 0.6) is 0 Å². The van der Waals surface area contributed by atoms with Gasteiger partial charge in [-0.2, -0.15) is 0 Å². The SMILES string of the molecule is CCCCCCSc1ccc(C(=O)OC)c2ccccc12. The Kier molecular flexibility index (Phi) is 6.12. The van der Waals surface area contributed by atoms with Crippen molar-refractivity contribution in [3.63, 3.8) is 0 Å². The van der Waals surface area contributed by atoms with Crippen LogP contribution in [-0.2, 0) is 4.74 Å². The van der Waals surface area contributed by atoms with Crippen molar-refractivity contribution in [2.75, 3.05) is 12.9 Å². The number of carbonyl (C=O) groups excluding carboxylic acids is 1. The number of rotatable bonds is 7. The Bertz CT molecular complexity index is 607. The van der Waals surface area contributed by atoms with Crippen LogP contribution in [0.25, 0.3) is 10.8 Å². The molecule has 0 atom stereocenters. The van der Waals surface area contributed by atoms with Gasteiger partial charge >= 0.3 is 5.97 Å². The quantitative estimate of drug-likeness (QED) is 0.394. The number of methoxy groups -OCH3 is 1. The molecule has 2 rings (SSSR count). The van der Waals surface area contributed by atoms with Gasteiger partial charge in [-0.05, 0) is 35.1 Å². The van der Waals surface area contributed by atoms with Gasteiger partial charge in [-0.3, -0.25) is 0 Å². The van der Waals surface area contributed by atoms with E-state index in [0.29, 0.717) is 5.56 Å². The first-order valence-electron chi connectivity index (χ1n) is 7.50. The molecule has 0 amide bonds. The normalized spacial score (nSPS) is 10.8. The number of hydrogen-bond donors (Lipinski definition) is 0. The van der Waals surface area contributed by atoms with Crippen LogP contribution in [0.4, 0.5) is 0 Å². The number of carbonyl (C=O) groups is 1. The molecular formula is C18H22O2S. The van der Waals surface area contributed by atoms with Crippen LogP contribution in [0, 0.1) is 0 Å². The fourth-order valence-corrected chi connectivity index (χ4v) is 3.46. The second-order valence-corrected chi connectivity index (χ2v) is 6.19. The van der Waals surface area contributed by atoms with Gasteiger partial charge in [0.2, 0.25) is 0 Å². The van der Waals surface area contributed by atoms with Gasteiger partial charge in [0.15, 0.2) is 0 Å². The van der Waals surface area contributed by atoms with E-state index >= 15 is 0 Å². The molecule has 0 radical (unpaired) electrons. The van der Waals surface area contributed by atoms with Gasteiger partial charge in [0.25, 0.3) is 0 Å². The van der Waals surface area contributed by atoms with Crippen LogP contribution in [0.2, 0.25) is 0 Å². The Morgan fingerprint density at radius 1 is 1.05 bits per heavy atom. The molecule has 0 aliphatic carbocycles. The van der Waals surface area contributed by atoms with Gasteiger partial charge in [-0.15, -0.1) is 11.8 Å². The average molecular weight is 302 g/mol. The summed E-state index contributed by atoms with van der Waals surface area (Å²) in [4.78, 5) is 13.1. The molecule has 0 heterocycles. The van der Waals surface area contributed by atoms with Crippen molar-refractivity contribution in [1.82, 2.24) is 0 Å². The van der Waals surface area contributed by atoms with Gasteiger partial charge in [0.05, 0.1) is 12.7 Å². The number of benzene rings is 2. The zero-order valence-electron chi connectivity index (χ0n) is 12.7. The predicted octanol–water partition coefficient (Wildman–Crippen LogP) is 5.30. The standard InChI is InChI=1S/C18H22O2S/c1-3-4-5-8-13-21-17-12-11-16(18(19)20-2)14-9-6-7-10-15(14)17/h6-7,9-12H,3-5,8,13H2,1-2H3. The van der Waals surface area contributed by atoms with Gasteiger partial charge in [-0.25, -0.2) is 4.79 Å². The number of thioether (sulfide) groups is 1. The summed E-state index contributed by atoms with van der Waals surface area (Å²) in [6.07, 6.45) is 5.11. The summed E-state index contributed by atoms with van der Waals surface area (Å²) >= 11 is 1.88. The third-order valence-electron chi connectivity index (χ3n) is 3.54. The third kappa shape index (κ3) is 4.01. The van der Waals surface area contributed by atoms with Crippen molar-refractivity contribution in [2.45, 2.75) is 37.5 Å². The van der Waals surface area contributed by atoms with Gasteiger partial charge in [0, 0.05) is 4.90 Å². The molecule has 0 aliphatic rings. The van der Waals surface area contributed by atoms with Gasteiger partial charge < -0.3 is 4.74 Å². The van der Waals surface area contributed by atoms with Crippen LogP contribution in [0.3, 0.4) is 0 Å². The average Bonchev–Trinajstić information content (AvgIpc) is 2.54. The zero-order valence-corrected chi connectivity index (χ0v) is 13.5. The summed E-state index contributed by atoms with van der Waals surface area (Å²) in [7, 11) is 1.42. The second-order valence-electron chi connectivity index (χ2n) is 5.06. The summed E-state index contributed by atoms with van der Waals surface area (Å²) in [5, 5.41) is 2.11. The lowest BCUT2D eigenvalue weighted by molar-refractivity contribution is 0.0603. The highest BCUT2D eigenvalue weighted by atomic mass is 32.2. The van der Waals surface area contributed by atoms with Gasteiger partial charge in [-0.1, -0.05) is 50.5 Å². The van der Waals surface area contributed by atoms with Crippen LogP contribution in [0.15, 0.2) is 41.3 Å². The van der Waals surface area contributed by atoms with E-state index in [1.54, 1.807) is 0 Å². The molecule has 2 aromatic rings. The summed E-state index contributed by atoms with van der Waals surface area (Å²) < 4.78 is 4.86. The highest BCUT2D eigenvalue weighted by Gasteiger charge is 2.12. The Balaban J connectivity index is 2.20. The Morgan fingerprint density at radius 2 is 1.81 bits per heavy atom. The van der Waals surface area contributed by atoms with Crippen molar-refractivity contribution < 1.29 is 9.53 Å². The Morgan fingerprint density at radius 3 is 2.52 bits per heavy atom. The van der Waals surface area contributed by atoms with Crippen LogP contribution >= 0.6 is 11.8 Å². The molecule has 0 bridgehead atoms. The predicted molar refractivity (Wildman–Crippen MR) is 90.2 cm³/mol. The molecule has 0 N–H and O–H groups in total. The molecule has 0 aliphatic heterocycles. The first-order valence-corrected chi connectivity index (χ1v) is 8.49. The number of hydrogen-bond acceptors (Lipinski definition) is 3. The minimum atomic E-state index is -0.273. The summed E-state index contributed by atoms with van der Waals surface area (Å²) in [6, 6.07) is 12.0. The summed E-state index contributed by atoms with van der Waals surface area (Å²) in [5.74, 6) is 0.854. The molecule has 0 fully saturated rings. The maximum Gasteiger partial charge on any atom is 0.338 e. The molecule has 3 heteroatoms. The maximum absolute atomic E-state index is 11.8. The van der Waals surface area contributed by atoms with Crippen molar-refractivity contribution in [1.29, 1.82) is 0 Å². The van der Waals surface area contributed by atoms with Gasteiger partial charge in [0.1, 0.15) is 0 Å². The van der Waals surface area contributed by atoms with Crippen molar-refractivity contribution >= 4 is 28.5 Å². The number of esters is 1. The molecule has 0 saturated heterocycles. The monoisotopic (exact) mass is 302 g/mol. The lowest BCUT2D eigenvalue weighted by Gasteiger charge is -2.10. The molecule has 2 nitrogen and oxygen atoms in total. The number of ether oxygens (including phenoxy) is 1. The first kappa shape index (κ1) is 15.9. The lowest BCUT2D eigenvalue weighted by Crippen LogP contribution is -2.02. The fourth-order valence-electron chi connectivity index (χ4n) is 2.40. The largest absolute Gasteiger partial charge is 0.465 e. The van der Waals surface area contributed by atoms with Crippen LogP contribution in [0.1, 0.15) is 43.0 Å². The number of fused-ring (bicyclic) bond motifs is 1. The van der Waals surface area contributed by atoms with Crippen molar-refractivity contribution in [3.8, 4) is 0 Å². The number of unbranched alkanes of at least 4 members (excludes halogenated alkanes) is 3. The zero-order chi connectivity index (χ0) is 15.1. The maximum atomic E-state index is 11.8. The Hall–Kier alpha value is -1.48. The van der Waals surface area contributed by atoms with E-state index in [9.17, 15) is 4.79 Å². The van der Waals surface area contributed by atoms with E-state index in [1.807, 2.05) is 42.1 Å². The molecule has 0 spiro atoms. The van der Waals surface area contributed by atoms with E-state index in [1.165, 1.54) is 37.7 Å². The van der Waals surface area contributed by atoms with E-state index in [4.69, 9.17) is 4.74 Å². The van der Waals surface area contributed by atoms with Crippen molar-refractivity contribution in [3.05, 3.63) is 42.0 Å². The lowest BCUT2D eigenvalue weighted by atomic mass is 10.0. The molecule has 2 aromatic carbocycles. The fraction of sp³-hybridized carbons (Fsp3) is 0.389. The Labute approximate surface area is 130 Å². The minimum absolute atomic E-state index is 0.273. The minimum Gasteiger partial charge on any atom is -0.465 e. The highest BCUT2D eigenvalue weighted by Crippen LogP contribution is 2.31. The highest BCUT2D eigenvalue weighted by molar-refractivity contribution is 7.99. The first-order chi connectivity index (χ1) is 10.3. The molecule has 0 aromatic heterocycles. The summed E-state index contributed by atoms with van der Waals surface area (Å²) in [5.41, 5.74) is 0.642. The molecule has 21 heavy (non-hydrogen) atoms. The summed E-state index contributed by atoms with van der Waals surface area (Å²) in [6.45, 7) is 2.23. The smallest absolute Gasteiger partial charge is 0.338 e.